The average molecular weight is 334 g/mol. The van der Waals surface area contributed by atoms with Crippen LogP contribution >= 0.6 is 0 Å². The van der Waals surface area contributed by atoms with Gasteiger partial charge in [0, 0.05) is 5.69 Å². The van der Waals surface area contributed by atoms with Crippen molar-refractivity contribution in [3.05, 3.63) is 71.9 Å². The van der Waals surface area contributed by atoms with Crippen LogP contribution in [0.2, 0.25) is 0 Å². The number of rotatable bonds is 5. The van der Waals surface area contributed by atoms with Crippen molar-refractivity contribution in [2.24, 2.45) is 0 Å². The second-order valence-electron chi connectivity index (χ2n) is 5.45. The Morgan fingerprint density at radius 3 is 2.48 bits per heavy atom. The predicted octanol–water partition coefficient (Wildman–Crippen LogP) is 3.79. The minimum Gasteiger partial charge on any atom is -0.495 e. The molecule has 0 aliphatic rings. The van der Waals surface area contributed by atoms with E-state index in [9.17, 15) is 4.79 Å². The summed E-state index contributed by atoms with van der Waals surface area (Å²) in [6.07, 6.45) is 0. The maximum absolute atomic E-state index is 12.2. The smallest absolute Gasteiger partial charge is 0.276 e. The van der Waals surface area contributed by atoms with Gasteiger partial charge in [-0.3, -0.25) is 4.79 Å². The van der Waals surface area contributed by atoms with Crippen molar-refractivity contribution in [2.75, 3.05) is 17.7 Å². The number of para-hydroxylation sites is 1. The van der Waals surface area contributed by atoms with Crippen LogP contribution in [0, 0.1) is 6.92 Å². The summed E-state index contributed by atoms with van der Waals surface area (Å²) in [4.78, 5) is 12.2. The molecule has 0 fully saturated rings. The second kappa shape index (κ2) is 7.44. The van der Waals surface area contributed by atoms with Gasteiger partial charge >= 0.3 is 0 Å². The van der Waals surface area contributed by atoms with E-state index in [-0.39, 0.29) is 11.6 Å². The lowest BCUT2D eigenvalue weighted by molar-refractivity contribution is 0.102. The van der Waals surface area contributed by atoms with E-state index < -0.39 is 0 Å². The third-order valence-electron chi connectivity index (χ3n) is 3.55. The van der Waals surface area contributed by atoms with E-state index in [2.05, 4.69) is 20.8 Å². The van der Waals surface area contributed by atoms with Crippen LogP contribution in [-0.2, 0) is 0 Å². The summed E-state index contributed by atoms with van der Waals surface area (Å²) in [7, 11) is 1.61. The molecule has 0 atom stereocenters. The number of carbonyl (C=O) groups excluding carboxylic acids is 1. The maximum Gasteiger partial charge on any atom is 0.276 e. The highest BCUT2D eigenvalue weighted by molar-refractivity contribution is 6.02. The van der Waals surface area contributed by atoms with Crippen LogP contribution in [0.5, 0.6) is 5.75 Å². The van der Waals surface area contributed by atoms with Gasteiger partial charge in [0.2, 0.25) is 0 Å². The first kappa shape index (κ1) is 16.4. The Morgan fingerprint density at radius 1 is 1.00 bits per heavy atom. The fourth-order valence-corrected chi connectivity index (χ4v) is 2.29. The molecule has 126 valence electrons. The molecule has 6 heteroatoms. The van der Waals surface area contributed by atoms with Crippen molar-refractivity contribution in [2.45, 2.75) is 6.92 Å². The normalized spacial score (nSPS) is 10.2. The van der Waals surface area contributed by atoms with E-state index >= 15 is 0 Å². The van der Waals surface area contributed by atoms with Gasteiger partial charge in [0.25, 0.3) is 5.91 Å². The Kier molecular flexibility index (Phi) is 4.89. The van der Waals surface area contributed by atoms with E-state index in [1.807, 2.05) is 55.5 Å². The first-order chi connectivity index (χ1) is 12.2. The Morgan fingerprint density at radius 2 is 1.80 bits per heavy atom. The summed E-state index contributed by atoms with van der Waals surface area (Å²) in [5, 5.41) is 14.0. The first-order valence-corrected chi connectivity index (χ1v) is 7.77. The topological polar surface area (TPSA) is 76.1 Å². The molecule has 0 bridgehead atoms. The number of aromatic nitrogens is 2. The fraction of sp³-hybridized carbons (Fsp3) is 0.105. The molecule has 1 amide bonds. The molecule has 25 heavy (non-hydrogen) atoms. The summed E-state index contributed by atoms with van der Waals surface area (Å²) in [5.41, 5.74) is 2.83. The van der Waals surface area contributed by atoms with Gasteiger partial charge in [-0.05, 0) is 48.9 Å². The van der Waals surface area contributed by atoms with Gasteiger partial charge in [-0.15, -0.1) is 10.2 Å². The Hall–Kier alpha value is -3.41. The van der Waals surface area contributed by atoms with Gasteiger partial charge in [-0.25, -0.2) is 0 Å². The molecule has 1 heterocycles. The fourth-order valence-electron chi connectivity index (χ4n) is 2.29. The number of hydrogen-bond acceptors (Lipinski definition) is 5. The Labute approximate surface area is 145 Å². The van der Waals surface area contributed by atoms with Crippen molar-refractivity contribution < 1.29 is 9.53 Å². The standard InChI is InChI=1S/C19H18N4O2/c1-13-8-10-17(25-2)16(12-13)21-18-11-9-15(22-23-18)19(24)20-14-6-4-3-5-7-14/h3-12H,1-2H3,(H,20,24)(H,21,23). The summed E-state index contributed by atoms with van der Waals surface area (Å²) < 4.78 is 5.33. The predicted molar refractivity (Wildman–Crippen MR) is 97.4 cm³/mol. The number of nitrogens with zero attached hydrogens (tertiary/aromatic N) is 2. The summed E-state index contributed by atoms with van der Waals surface area (Å²) in [6.45, 7) is 1.99. The summed E-state index contributed by atoms with van der Waals surface area (Å²) in [5.74, 6) is 0.928. The number of benzene rings is 2. The maximum atomic E-state index is 12.2. The molecule has 2 N–H and O–H groups in total. The Bertz CT molecular complexity index is 864. The van der Waals surface area contributed by atoms with E-state index in [0.717, 1.165) is 11.3 Å². The van der Waals surface area contributed by atoms with Crippen LogP contribution in [0.25, 0.3) is 0 Å². The summed E-state index contributed by atoms with van der Waals surface area (Å²) in [6, 6.07) is 18.3. The zero-order chi connectivity index (χ0) is 17.6. The van der Waals surface area contributed by atoms with Gasteiger partial charge in [-0.2, -0.15) is 0 Å². The lowest BCUT2D eigenvalue weighted by atomic mass is 10.2. The van der Waals surface area contributed by atoms with Gasteiger partial charge in [0.15, 0.2) is 11.5 Å². The van der Waals surface area contributed by atoms with Crippen LogP contribution in [0.1, 0.15) is 16.1 Å². The number of anilines is 3. The van der Waals surface area contributed by atoms with E-state index in [1.54, 1.807) is 19.2 Å². The molecule has 1 aromatic heterocycles. The molecule has 0 saturated heterocycles. The number of methoxy groups -OCH3 is 1. The van der Waals surface area contributed by atoms with Crippen LogP contribution < -0.4 is 15.4 Å². The van der Waals surface area contributed by atoms with E-state index in [4.69, 9.17) is 4.74 Å². The average Bonchev–Trinajstić information content (AvgIpc) is 2.63. The van der Waals surface area contributed by atoms with Crippen molar-refractivity contribution in [1.29, 1.82) is 0 Å². The van der Waals surface area contributed by atoms with Gasteiger partial charge in [0.05, 0.1) is 12.8 Å². The Balaban J connectivity index is 1.72. The van der Waals surface area contributed by atoms with E-state index in [0.29, 0.717) is 17.3 Å². The third kappa shape index (κ3) is 4.11. The molecule has 3 aromatic rings. The molecule has 0 radical (unpaired) electrons. The highest BCUT2D eigenvalue weighted by atomic mass is 16.5. The molecular formula is C19H18N4O2. The van der Waals surface area contributed by atoms with Crippen LogP contribution in [0.4, 0.5) is 17.2 Å². The molecule has 2 aromatic carbocycles. The van der Waals surface area contributed by atoms with Gasteiger partial charge in [0.1, 0.15) is 5.75 Å². The molecule has 0 saturated carbocycles. The van der Waals surface area contributed by atoms with Gasteiger partial charge < -0.3 is 15.4 Å². The number of hydrogen-bond donors (Lipinski definition) is 2. The van der Waals surface area contributed by atoms with Crippen molar-refractivity contribution in [3.8, 4) is 5.75 Å². The minimum absolute atomic E-state index is 0.241. The monoisotopic (exact) mass is 334 g/mol. The molecule has 0 aliphatic heterocycles. The number of carbonyl (C=O) groups is 1. The number of nitrogens with one attached hydrogen (secondary N) is 2. The zero-order valence-electron chi connectivity index (χ0n) is 14.0. The number of ether oxygens (including phenoxy) is 1. The third-order valence-corrected chi connectivity index (χ3v) is 3.55. The number of aryl methyl sites for hydroxylation is 1. The lowest BCUT2D eigenvalue weighted by Crippen LogP contribution is -2.14. The summed E-state index contributed by atoms with van der Waals surface area (Å²) >= 11 is 0. The highest BCUT2D eigenvalue weighted by Crippen LogP contribution is 2.27. The molecule has 0 aliphatic carbocycles. The van der Waals surface area contributed by atoms with Crippen molar-refractivity contribution >= 4 is 23.1 Å². The molecule has 0 unspecified atom stereocenters. The second-order valence-corrected chi connectivity index (χ2v) is 5.45. The first-order valence-electron chi connectivity index (χ1n) is 7.77. The molecular weight excluding hydrogens is 316 g/mol. The molecule has 0 spiro atoms. The quantitative estimate of drug-likeness (QED) is 0.742. The minimum atomic E-state index is -0.307. The lowest BCUT2D eigenvalue weighted by Gasteiger charge is -2.11. The largest absolute Gasteiger partial charge is 0.495 e. The van der Waals surface area contributed by atoms with Crippen molar-refractivity contribution in [3.63, 3.8) is 0 Å². The van der Waals surface area contributed by atoms with Crippen LogP contribution in [0.3, 0.4) is 0 Å². The highest BCUT2D eigenvalue weighted by Gasteiger charge is 2.10. The van der Waals surface area contributed by atoms with Crippen LogP contribution in [-0.4, -0.2) is 23.2 Å². The SMILES string of the molecule is COc1ccc(C)cc1Nc1ccc(C(=O)Nc2ccccc2)nn1. The number of amides is 1. The van der Waals surface area contributed by atoms with Gasteiger partial charge in [-0.1, -0.05) is 24.3 Å². The molecule has 6 nitrogen and oxygen atoms in total. The van der Waals surface area contributed by atoms with Crippen LogP contribution in [0.15, 0.2) is 60.7 Å². The van der Waals surface area contributed by atoms with E-state index in [1.165, 1.54) is 0 Å². The zero-order valence-corrected chi connectivity index (χ0v) is 14.0. The molecule has 3 rings (SSSR count). The van der Waals surface area contributed by atoms with Crippen molar-refractivity contribution in [1.82, 2.24) is 10.2 Å².